The largest absolute Gasteiger partial charge is 0.471 e. The van der Waals surface area contributed by atoms with E-state index in [2.05, 4.69) is 15.1 Å². The van der Waals surface area contributed by atoms with Crippen LogP contribution in [-0.4, -0.2) is 31.8 Å². The summed E-state index contributed by atoms with van der Waals surface area (Å²) in [5, 5.41) is 5.90. The van der Waals surface area contributed by atoms with Gasteiger partial charge in [-0.25, -0.2) is 9.67 Å². The molecule has 11 heteroatoms. The molecule has 0 aliphatic carbocycles. The first kappa shape index (κ1) is 17.7. The molecule has 0 radical (unpaired) electrons. The van der Waals surface area contributed by atoms with Gasteiger partial charge >= 0.3 is 12.1 Å². The Hall–Kier alpha value is -1.68. The van der Waals surface area contributed by atoms with Crippen molar-refractivity contribution >= 4 is 34.8 Å². The zero-order chi connectivity index (χ0) is 17.0. The van der Waals surface area contributed by atoms with Crippen LogP contribution in [0.5, 0.6) is 0 Å². The number of hydrogen-bond donors (Lipinski definition) is 1. The molecule has 23 heavy (non-hydrogen) atoms. The highest BCUT2D eigenvalue weighted by atomic mass is 35.5. The molecule has 6 nitrogen and oxygen atoms in total. The fourth-order valence-electron chi connectivity index (χ4n) is 1.71. The Morgan fingerprint density at radius 1 is 1.48 bits per heavy atom. The van der Waals surface area contributed by atoms with Gasteiger partial charge < -0.3 is 0 Å². The Labute approximate surface area is 138 Å². The number of halogens is 4. The lowest BCUT2D eigenvalue weighted by atomic mass is 10.2. The number of nitrogens with zero attached hydrogens (tertiary/aromatic N) is 4. The Morgan fingerprint density at radius 3 is 2.78 bits per heavy atom. The number of hydrogen-bond acceptors (Lipinski definition) is 5. The van der Waals surface area contributed by atoms with Crippen molar-refractivity contribution in [3.05, 3.63) is 21.4 Å². The molecule has 0 fully saturated rings. The van der Waals surface area contributed by atoms with Crippen molar-refractivity contribution in [3.63, 3.8) is 0 Å². The number of aryl methyl sites for hydroxylation is 1. The van der Waals surface area contributed by atoms with E-state index in [-0.39, 0.29) is 12.5 Å². The average Bonchev–Trinajstić information content (AvgIpc) is 3.03. The molecule has 0 aromatic carbocycles. The lowest BCUT2D eigenvalue weighted by Gasteiger charge is -2.08. The summed E-state index contributed by atoms with van der Waals surface area (Å²) in [6, 6.07) is 0. The summed E-state index contributed by atoms with van der Waals surface area (Å²) in [7, 11) is 0. The molecule has 0 bridgehead atoms. The Kier molecular flexibility index (Phi) is 5.58. The fraction of sp³-hybridized carbons (Fsp3) is 0.500. The molecule has 2 heterocycles. The van der Waals surface area contributed by atoms with Gasteiger partial charge in [-0.15, -0.1) is 11.3 Å². The summed E-state index contributed by atoms with van der Waals surface area (Å²) in [6.45, 7) is 2.10. The van der Waals surface area contributed by atoms with Gasteiger partial charge in [0.05, 0.1) is 6.54 Å². The topological polar surface area (TPSA) is 72.7 Å². The summed E-state index contributed by atoms with van der Waals surface area (Å²) in [5.74, 6) is -1.96. The highest BCUT2D eigenvalue weighted by molar-refractivity contribution is 7.15. The Balaban J connectivity index is 2.22. The predicted octanol–water partition coefficient (Wildman–Crippen LogP) is 3.28. The van der Waals surface area contributed by atoms with Crippen molar-refractivity contribution in [1.29, 1.82) is 0 Å². The lowest BCUT2D eigenvalue weighted by molar-refractivity contribution is -0.167. The van der Waals surface area contributed by atoms with Crippen LogP contribution in [0.25, 0.3) is 0 Å². The van der Waals surface area contributed by atoms with E-state index in [1.54, 1.807) is 5.32 Å². The van der Waals surface area contributed by atoms with Gasteiger partial charge in [-0.3, -0.25) is 10.1 Å². The average molecular weight is 368 g/mol. The molecule has 2 aromatic heterocycles. The molecule has 0 aliphatic heterocycles. The molecular weight excluding hydrogens is 355 g/mol. The van der Waals surface area contributed by atoms with E-state index >= 15 is 0 Å². The third kappa shape index (κ3) is 4.90. The number of carbonyl (C=O) groups is 1. The van der Waals surface area contributed by atoms with Gasteiger partial charge in [0.1, 0.15) is 0 Å². The third-order valence-corrected chi connectivity index (χ3v) is 3.88. The molecule has 126 valence electrons. The number of amides is 1. The van der Waals surface area contributed by atoms with Crippen LogP contribution in [-0.2, 0) is 17.8 Å². The van der Waals surface area contributed by atoms with E-state index in [1.807, 2.05) is 6.92 Å². The molecule has 0 aliphatic rings. The maximum atomic E-state index is 12.4. The number of carbonyl (C=O) groups excluding carboxylic acids is 1. The van der Waals surface area contributed by atoms with Gasteiger partial charge in [0.15, 0.2) is 10.3 Å². The number of alkyl halides is 3. The van der Waals surface area contributed by atoms with Gasteiger partial charge in [0, 0.05) is 17.5 Å². The van der Waals surface area contributed by atoms with Crippen LogP contribution in [0.2, 0.25) is 4.47 Å². The minimum Gasteiger partial charge on any atom is -0.287 e. The molecule has 2 rings (SSSR count). The van der Waals surface area contributed by atoms with Crippen LogP contribution >= 0.6 is 22.9 Å². The maximum absolute atomic E-state index is 12.4. The molecular formula is C12H13ClF3N5OS. The number of nitrogens with one attached hydrogen (secondary N) is 1. The van der Waals surface area contributed by atoms with Crippen LogP contribution < -0.4 is 5.32 Å². The van der Waals surface area contributed by atoms with Gasteiger partial charge in [-0.1, -0.05) is 24.9 Å². The smallest absolute Gasteiger partial charge is 0.287 e. The molecule has 0 saturated heterocycles. The fourth-order valence-corrected chi connectivity index (χ4v) is 2.67. The van der Waals surface area contributed by atoms with E-state index in [0.29, 0.717) is 21.6 Å². The van der Waals surface area contributed by atoms with Crippen LogP contribution in [0.15, 0.2) is 6.20 Å². The minimum atomic E-state index is -4.99. The van der Waals surface area contributed by atoms with Crippen LogP contribution in [0.4, 0.5) is 19.1 Å². The summed E-state index contributed by atoms with van der Waals surface area (Å²) in [4.78, 5) is 19.6. The monoisotopic (exact) mass is 367 g/mol. The van der Waals surface area contributed by atoms with Crippen molar-refractivity contribution in [2.24, 2.45) is 0 Å². The summed E-state index contributed by atoms with van der Waals surface area (Å²) >= 11 is 6.90. The lowest BCUT2D eigenvalue weighted by Crippen LogP contribution is -2.31. The normalized spacial score (nSPS) is 11.7. The molecule has 0 spiro atoms. The first-order valence-electron chi connectivity index (χ1n) is 6.71. The minimum absolute atomic E-state index is 0.122. The highest BCUT2D eigenvalue weighted by Crippen LogP contribution is 2.21. The van der Waals surface area contributed by atoms with E-state index in [0.717, 1.165) is 12.8 Å². The van der Waals surface area contributed by atoms with Crippen molar-refractivity contribution in [2.45, 2.75) is 38.9 Å². The van der Waals surface area contributed by atoms with Crippen molar-refractivity contribution in [3.8, 4) is 0 Å². The van der Waals surface area contributed by atoms with Gasteiger partial charge in [-0.2, -0.15) is 23.3 Å². The molecule has 1 N–H and O–H groups in total. The zero-order valence-electron chi connectivity index (χ0n) is 12.0. The maximum Gasteiger partial charge on any atom is 0.471 e. The van der Waals surface area contributed by atoms with Crippen molar-refractivity contribution in [2.75, 3.05) is 5.32 Å². The van der Waals surface area contributed by atoms with Crippen LogP contribution in [0, 0.1) is 0 Å². The summed E-state index contributed by atoms with van der Waals surface area (Å²) < 4.78 is 38.8. The Morgan fingerprint density at radius 2 is 2.22 bits per heavy atom. The second-order valence-electron chi connectivity index (χ2n) is 4.64. The quantitative estimate of drug-likeness (QED) is 0.850. The van der Waals surface area contributed by atoms with Crippen molar-refractivity contribution in [1.82, 2.24) is 19.7 Å². The van der Waals surface area contributed by atoms with Crippen LogP contribution in [0.1, 0.15) is 30.5 Å². The van der Waals surface area contributed by atoms with E-state index in [1.165, 1.54) is 22.2 Å². The number of aromatic nitrogens is 4. The highest BCUT2D eigenvalue weighted by Gasteiger charge is 2.39. The summed E-state index contributed by atoms with van der Waals surface area (Å²) in [6.07, 6.45) is -1.29. The SMILES string of the molecule is CCCCc1nc(NC(=O)C(F)(F)F)n(Cc2cnc(Cl)s2)n1. The Bertz CT molecular complexity index is 685. The first-order valence-corrected chi connectivity index (χ1v) is 7.91. The number of unbranched alkanes of at least 4 members (excludes halogenated alkanes) is 1. The second kappa shape index (κ2) is 7.26. The van der Waals surface area contributed by atoms with Crippen molar-refractivity contribution < 1.29 is 18.0 Å². The summed E-state index contributed by atoms with van der Waals surface area (Å²) in [5.41, 5.74) is 0. The third-order valence-electron chi connectivity index (χ3n) is 2.78. The van der Waals surface area contributed by atoms with Crippen LogP contribution in [0.3, 0.4) is 0 Å². The molecule has 0 unspecified atom stereocenters. The number of thiazole rings is 1. The molecule has 1 amide bonds. The molecule has 0 atom stereocenters. The van der Waals surface area contributed by atoms with Gasteiger partial charge in [0.25, 0.3) is 0 Å². The van der Waals surface area contributed by atoms with Gasteiger partial charge in [-0.05, 0) is 6.42 Å². The van der Waals surface area contributed by atoms with E-state index in [9.17, 15) is 18.0 Å². The second-order valence-corrected chi connectivity index (χ2v) is 6.34. The molecule has 2 aromatic rings. The standard InChI is InChI=1S/C12H13ClF3N5OS/c1-2-3-4-8-18-11(19-9(22)12(14,15)16)21(20-8)6-7-5-17-10(13)23-7/h5H,2-4,6H2,1H3,(H,18,19,20,22). The zero-order valence-corrected chi connectivity index (χ0v) is 13.6. The van der Waals surface area contributed by atoms with Gasteiger partial charge in [0.2, 0.25) is 5.95 Å². The predicted molar refractivity (Wildman–Crippen MR) is 79.5 cm³/mol. The molecule has 0 saturated carbocycles. The van der Waals surface area contributed by atoms with E-state index in [4.69, 9.17) is 11.6 Å². The number of rotatable bonds is 6. The first-order chi connectivity index (χ1) is 10.8. The van der Waals surface area contributed by atoms with E-state index < -0.39 is 12.1 Å². The number of anilines is 1.